The normalized spacial score (nSPS) is 10.2. The van der Waals surface area contributed by atoms with Crippen LogP contribution in [0.3, 0.4) is 0 Å². The predicted octanol–water partition coefficient (Wildman–Crippen LogP) is 3.83. The van der Waals surface area contributed by atoms with Crippen LogP contribution in [0.4, 0.5) is 0 Å². The highest BCUT2D eigenvalue weighted by Gasteiger charge is 2.13. The van der Waals surface area contributed by atoms with E-state index in [1.54, 1.807) is 32.4 Å². The molecule has 0 aliphatic carbocycles. The van der Waals surface area contributed by atoms with Crippen LogP contribution >= 0.6 is 0 Å². The number of hydrogen-bond acceptors (Lipinski definition) is 3. The highest BCUT2D eigenvalue weighted by atomic mass is 16.5. The first-order valence-electron chi connectivity index (χ1n) is 6.95. The molecular weight excluding hydrogens is 264 g/mol. The second kappa shape index (κ2) is 6.93. The van der Waals surface area contributed by atoms with Gasteiger partial charge in [-0.1, -0.05) is 29.8 Å². The van der Waals surface area contributed by atoms with E-state index >= 15 is 0 Å². The minimum atomic E-state index is 0.0788. The van der Waals surface area contributed by atoms with Crippen molar-refractivity contribution in [3.05, 3.63) is 59.2 Å². The van der Waals surface area contributed by atoms with Gasteiger partial charge >= 0.3 is 0 Å². The van der Waals surface area contributed by atoms with Crippen molar-refractivity contribution < 1.29 is 14.3 Å². The molecule has 0 aliphatic heterocycles. The van der Waals surface area contributed by atoms with Crippen LogP contribution in [0, 0.1) is 6.92 Å². The van der Waals surface area contributed by atoms with Gasteiger partial charge in [-0.15, -0.1) is 0 Å². The first-order chi connectivity index (χ1) is 10.1. The maximum atomic E-state index is 12.3. The Bertz CT molecular complexity index is 615. The number of ether oxygens (including phenoxy) is 2. The Kier molecular flexibility index (Phi) is 4.99. The summed E-state index contributed by atoms with van der Waals surface area (Å²) in [6, 6.07) is 13.5. The van der Waals surface area contributed by atoms with E-state index in [1.807, 2.05) is 0 Å². The summed E-state index contributed by atoms with van der Waals surface area (Å²) in [5, 5.41) is 0. The van der Waals surface area contributed by atoms with E-state index < -0.39 is 0 Å². The third-order valence-electron chi connectivity index (χ3n) is 3.47. The highest BCUT2D eigenvalue weighted by Crippen LogP contribution is 2.26. The Morgan fingerprint density at radius 2 is 1.71 bits per heavy atom. The summed E-state index contributed by atoms with van der Waals surface area (Å²) < 4.78 is 10.4. The van der Waals surface area contributed by atoms with Crippen molar-refractivity contribution in [3.8, 4) is 11.5 Å². The molecule has 21 heavy (non-hydrogen) atoms. The summed E-state index contributed by atoms with van der Waals surface area (Å²) >= 11 is 0. The second-order valence-electron chi connectivity index (χ2n) is 4.97. The van der Waals surface area contributed by atoms with Crippen molar-refractivity contribution in [2.24, 2.45) is 0 Å². The Morgan fingerprint density at radius 3 is 2.33 bits per heavy atom. The first kappa shape index (κ1) is 15.1. The predicted molar refractivity (Wildman–Crippen MR) is 83.4 cm³/mol. The van der Waals surface area contributed by atoms with E-state index in [0.717, 1.165) is 6.42 Å². The second-order valence-corrected chi connectivity index (χ2v) is 4.97. The average Bonchev–Trinajstić information content (AvgIpc) is 2.53. The standard InChI is InChI=1S/C18H20O3/c1-13-4-6-14(7-5-13)8-11-17(19)16-10-9-15(20-2)12-18(16)21-3/h4-7,9-10,12H,8,11H2,1-3H3. The van der Waals surface area contributed by atoms with E-state index in [4.69, 9.17) is 9.47 Å². The molecule has 0 spiro atoms. The Hall–Kier alpha value is -2.29. The molecule has 110 valence electrons. The lowest BCUT2D eigenvalue weighted by Crippen LogP contribution is -2.04. The maximum absolute atomic E-state index is 12.3. The van der Waals surface area contributed by atoms with Crippen LogP contribution in [0.25, 0.3) is 0 Å². The van der Waals surface area contributed by atoms with Crippen molar-refractivity contribution in [1.29, 1.82) is 0 Å². The smallest absolute Gasteiger partial charge is 0.166 e. The molecule has 0 heterocycles. The third-order valence-corrected chi connectivity index (χ3v) is 3.47. The summed E-state index contributed by atoms with van der Waals surface area (Å²) in [5.41, 5.74) is 2.99. The number of Topliss-reactive ketones (excluding diaryl/α,β-unsaturated/α-hetero) is 1. The summed E-state index contributed by atoms with van der Waals surface area (Å²) in [7, 11) is 3.15. The Balaban J connectivity index is 2.07. The van der Waals surface area contributed by atoms with Crippen LogP contribution in [0.15, 0.2) is 42.5 Å². The van der Waals surface area contributed by atoms with Crippen LogP contribution in [0.5, 0.6) is 11.5 Å². The molecule has 0 saturated carbocycles. The Labute approximate surface area is 125 Å². The van der Waals surface area contributed by atoms with Crippen molar-refractivity contribution >= 4 is 5.78 Å². The van der Waals surface area contributed by atoms with Crippen molar-refractivity contribution in [2.75, 3.05) is 14.2 Å². The van der Waals surface area contributed by atoms with Crippen molar-refractivity contribution in [3.63, 3.8) is 0 Å². The zero-order valence-electron chi connectivity index (χ0n) is 12.7. The van der Waals surface area contributed by atoms with E-state index in [2.05, 4.69) is 31.2 Å². The van der Waals surface area contributed by atoms with Crippen LogP contribution in [0.1, 0.15) is 27.9 Å². The zero-order chi connectivity index (χ0) is 15.2. The number of methoxy groups -OCH3 is 2. The topological polar surface area (TPSA) is 35.5 Å². The number of carbonyl (C=O) groups is 1. The van der Waals surface area contributed by atoms with Gasteiger partial charge in [-0.25, -0.2) is 0 Å². The number of rotatable bonds is 6. The molecular formula is C18H20O3. The molecule has 2 aromatic rings. The number of ketones is 1. The van der Waals surface area contributed by atoms with Gasteiger partial charge in [-0.2, -0.15) is 0 Å². The van der Waals surface area contributed by atoms with E-state index in [9.17, 15) is 4.79 Å². The lowest BCUT2D eigenvalue weighted by atomic mass is 10.0. The number of aryl methyl sites for hydroxylation is 2. The van der Waals surface area contributed by atoms with Crippen molar-refractivity contribution in [1.82, 2.24) is 0 Å². The van der Waals surface area contributed by atoms with Gasteiger partial charge in [0, 0.05) is 12.5 Å². The lowest BCUT2D eigenvalue weighted by Gasteiger charge is -2.09. The molecule has 2 aromatic carbocycles. The summed E-state index contributed by atoms with van der Waals surface area (Å²) in [6.07, 6.45) is 1.19. The van der Waals surface area contributed by atoms with E-state index in [1.165, 1.54) is 11.1 Å². The Morgan fingerprint density at radius 1 is 1.00 bits per heavy atom. The monoisotopic (exact) mass is 284 g/mol. The summed E-state index contributed by atoms with van der Waals surface area (Å²) in [4.78, 5) is 12.3. The van der Waals surface area contributed by atoms with E-state index in [-0.39, 0.29) is 5.78 Å². The average molecular weight is 284 g/mol. The molecule has 3 nitrogen and oxygen atoms in total. The van der Waals surface area contributed by atoms with Gasteiger partial charge in [0.1, 0.15) is 11.5 Å². The molecule has 0 aliphatic rings. The molecule has 0 radical (unpaired) electrons. The fraction of sp³-hybridized carbons (Fsp3) is 0.278. The van der Waals surface area contributed by atoms with Gasteiger partial charge in [0.15, 0.2) is 5.78 Å². The van der Waals surface area contributed by atoms with Crippen LogP contribution in [-0.4, -0.2) is 20.0 Å². The first-order valence-corrected chi connectivity index (χ1v) is 6.95. The molecule has 0 bridgehead atoms. The van der Waals surface area contributed by atoms with E-state index in [0.29, 0.717) is 23.5 Å². The molecule has 0 fully saturated rings. The molecule has 0 saturated heterocycles. The number of benzene rings is 2. The molecule has 3 heteroatoms. The molecule has 0 aromatic heterocycles. The van der Waals surface area contributed by atoms with Gasteiger partial charge in [0.2, 0.25) is 0 Å². The quantitative estimate of drug-likeness (QED) is 0.756. The fourth-order valence-electron chi connectivity index (χ4n) is 2.18. The van der Waals surface area contributed by atoms with Gasteiger partial charge in [0.05, 0.1) is 19.8 Å². The summed E-state index contributed by atoms with van der Waals surface area (Å²) in [5.74, 6) is 1.32. The number of carbonyl (C=O) groups excluding carboxylic acids is 1. The molecule has 0 unspecified atom stereocenters. The van der Waals surface area contributed by atoms with Crippen LogP contribution in [0.2, 0.25) is 0 Å². The minimum absolute atomic E-state index is 0.0788. The van der Waals surface area contributed by atoms with Crippen molar-refractivity contribution in [2.45, 2.75) is 19.8 Å². The molecule has 2 rings (SSSR count). The third kappa shape index (κ3) is 3.85. The number of hydrogen-bond donors (Lipinski definition) is 0. The molecule has 0 amide bonds. The zero-order valence-corrected chi connectivity index (χ0v) is 12.7. The maximum Gasteiger partial charge on any atom is 0.166 e. The van der Waals surface area contributed by atoms with Gasteiger partial charge in [0.25, 0.3) is 0 Å². The summed E-state index contributed by atoms with van der Waals surface area (Å²) in [6.45, 7) is 2.05. The SMILES string of the molecule is COc1ccc(C(=O)CCc2ccc(C)cc2)c(OC)c1. The fourth-order valence-corrected chi connectivity index (χ4v) is 2.18. The molecule has 0 atom stereocenters. The minimum Gasteiger partial charge on any atom is -0.497 e. The van der Waals surface area contributed by atoms with Gasteiger partial charge in [-0.3, -0.25) is 4.79 Å². The largest absolute Gasteiger partial charge is 0.497 e. The van der Waals surface area contributed by atoms with Gasteiger partial charge < -0.3 is 9.47 Å². The highest BCUT2D eigenvalue weighted by molar-refractivity contribution is 5.99. The van der Waals surface area contributed by atoms with Gasteiger partial charge in [-0.05, 0) is 31.0 Å². The van der Waals surface area contributed by atoms with Crippen LogP contribution in [-0.2, 0) is 6.42 Å². The molecule has 0 N–H and O–H groups in total. The lowest BCUT2D eigenvalue weighted by molar-refractivity contribution is 0.0980. The van der Waals surface area contributed by atoms with Crippen LogP contribution < -0.4 is 9.47 Å².